The molecule has 1 amide bonds. The Labute approximate surface area is 172 Å². The van der Waals surface area contributed by atoms with Crippen molar-refractivity contribution in [2.75, 3.05) is 31.6 Å². The molecule has 2 aliphatic rings. The third kappa shape index (κ3) is 5.61. The van der Waals surface area contributed by atoms with E-state index < -0.39 is 0 Å². The Morgan fingerprint density at radius 3 is 2.66 bits per heavy atom. The fourth-order valence-electron chi connectivity index (χ4n) is 4.40. The van der Waals surface area contributed by atoms with E-state index >= 15 is 0 Å². The lowest BCUT2D eigenvalue weighted by atomic mass is 9.89. The van der Waals surface area contributed by atoms with Gasteiger partial charge in [-0.05, 0) is 87.4 Å². The summed E-state index contributed by atoms with van der Waals surface area (Å²) in [6.07, 6.45) is 10.6. The van der Waals surface area contributed by atoms with Gasteiger partial charge in [-0.15, -0.1) is 0 Å². The molecule has 2 aromatic heterocycles. The van der Waals surface area contributed by atoms with Crippen molar-refractivity contribution in [3.05, 3.63) is 54.0 Å². The Kier molecular flexibility index (Phi) is 6.85. The van der Waals surface area contributed by atoms with Crippen LogP contribution in [0.1, 0.15) is 48.2 Å². The molecule has 4 rings (SSSR count). The number of hydrogen-bond donors (Lipinski definition) is 1. The van der Waals surface area contributed by atoms with Crippen molar-refractivity contribution >= 4 is 11.7 Å². The van der Waals surface area contributed by atoms with Crippen molar-refractivity contribution in [1.29, 1.82) is 0 Å². The first kappa shape index (κ1) is 20.0. The summed E-state index contributed by atoms with van der Waals surface area (Å²) >= 11 is 0. The van der Waals surface area contributed by atoms with E-state index in [2.05, 4.69) is 20.2 Å². The van der Waals surface area contributed by atoms with Crippen LogP contribution in [0.4, 0.5) is 5.82 Å². The largest absolute Gasteiger partial charge is 0.381 e. The number of carbonyl (C=O) groups is 1. The number of aryl methyl sites for hydroxylation is 1. The van der Waals surface area contributed by atoms with Crippen LogP contribution in [0.2, 0.25) is 0 Å². The maximum absolute atomic E-state index is 12.3. The number of anilines is 1. The fraction of sp³-hybridized carbons (Fsp3) is 0.522. The second kappa shape index (κ2) is 9.94. The standard InChI is InChI=1S/C23H30N4O2/c28-23(21-3-1-2-11-24-21)26-22-17-19(6-12-25-22)5-4-18-7-13-27(14-8-18)20-9-15-29-16-10-20/h1-3,6,11-12,17-18,20H,4-5,7-10,13-16H2,(H,25,26,28). The molecule has 0 atom stereocenters. The number of aromatic nitrogens is 2. The number of rotatable bonds is 6. The molecular formula is C23H30N4O2. The fourth-order valence-corrected chi connectivity index (χ4v) is 4.40. The molecule has 0 unspecified atom stereocenters. The number of piperidine rings is 1. The number of nitrogens with zero attached hydrogens (tertiary/aromatic N) is 3. The van der Waals surface area contributed by atoms with Gasteiger partial charge in [0.15, 0.2) is 0 Å². The van der Waals surface area contributed by atoms with E-state index in [4.69, 9.17) is 4.74 Å². The molecule has 0 aliphatic carbocycles. The Morgan fingerprint density at radius 2 is 1.90 bits per heavy atom. The Morgan fingerprint density at radius 1 is 1.07 bits per heavy atom. The summed E-state index contributed by atoms with van der Waals surface area (Å²) in [5.74, 6) is 1.15. The van der Waals surface area contributed by atoms with Crippen LogP contribution in [-0.2, 0) is 11.2 Å². The molecule has 2 fully saturated rings. The first-order valence-corrected chi connectivity index (χ1v) is 10.8. The maximum atomic E-state index is 12.3. The minimum atomic E-state index is -0.226. The Bertz CT molecular complexity index is 784. The molecule has 4 heterocycles. The van der Waals surface area contributed by atoms with E-state index in [1.165, 1.54) is 50.8 Å². The van der Waals surface area contributed by atoms with Gasteiger partial charge in [0, 0.05) is 31.6 Å². The number of amides is 1. The highest BCUT2D eigenvalue weighted by Gasteiger charge is 2.26. The van der Waals surface area contributed by atoms with E-state index in [0.717, 1.165) is 31.6 Å². The molecule has 0 bridgehead atoms. The minimum absolute atomic E-state index is 0.226. The Balaban J connectivity index is 1.24. The van der Waals surface area contributed by atoms with Crippen LogP contribution >= 0.6 is 0 Å². The number of likely N-dealkylation sites (tertiary alicyclic amines) is 1. The van der Waals surface area contributed by atoms with Crippen molar-refractivity contribution < 1.29 is 9.53 Å². The summed E-state index contributed by atoms with van der Waals surface area (Å²) in [7, 11) is 0. The van der Waals surface area contributed by atoms with Crippen LogP contribution in [0.3, 0.4) is 0 Å². The lowest BCUT2D eigenvalue weighted by Gasteiger charge is -2.39. The molecule has 2 saturated heterocycles. The van der Waals surface area contributed by atoms with Gasteiger partial charge in [0.05, 0.1) is 0 Å². The number of carbonyl (C=O) groups excluding carboxylic acids is 1. The molecule has 154 valence electrons. The molecule has 6 nitrogen and oxygen atoms in total. The minimum Gasteiger partial charge on any atom is -0.381 e. The molecule has 0 aromatic carbocycles. The van der Waals surface area contributed by atoms with Gasteiger partial charge in [0.25, 0.3) is 5.91 Å². The average molecular weight is 395 g/mol. The number of ether oxygens (including phenoxy) is 1. The lowest BCUT2D eigenvalue weighted by molar-refractivity contribution is 0.0206. The van der Waals surface area contributed by atoms with E-state index in [1.54, 1.807) is 30.6 Å². The van der Waals surface area contributed by atoms with Gasteiger partial charge in [-0.25, -0.2) is 4.98 Å². The highest BCUT2D eigenvalue weighted by molar-refractivity contribution is 6.02. The van der Waals surface area contributed by atoms with Gasteiger partial charge in [-0.1, -0.05) is 6.07 Å². The summed E-state index contributed by atoms with van der Waals surface area (Å²) in [6, 6.07) is 10.1. The van der Waals surface area contributed by atoms with Gasteiger partial charge < -0.3 is 15.0 Å². The van der Waals surface area contributed by atoms with Crippen molar-refractivity contribution in [1.82, 2.24) is 14.9 Å². The molecule has 1 N–H and O–H groups in total. The zero-order chi connectivity index (χ0) is 19.9. The predicted octanol–water partition coefficient (Wildman–Crippen LogP) is 3.55. The van der Waals surface area contributed by atoms with Gasteiger partial charge >= 0.3 is 0 Å². The molecule has 0 spiro atoms. The zero-order valence-corrected chi connectivity index (χ0v) is 16.9. The normalized spacial score (nSPS) is 19.2. The average Bonchev–Trinajstić information content (AvgIpc) is 2.79. The topological polar surface area (TPSA) is 67.4 Å². The monoisotopic (exact) mass is 394 g/mol. The van der Waals surface area contributed by atoms with Crippen molar-refractivity contribution in [2.45, 2.75) is 44.6 Å². The van der Waals surface area contributed by atoms with Gasteiger partial charge in [-0.3, -0.25) is 9.78 Å². The summed E-state index contributed by atoms with van der Waals surface area (Å²) in [5, 5.41) is 2.85. The summed E-state index contributed by atoms with van der Waals surface area (Å²) < 4.78 is 5.50. The maximum Gasteiger partial charge on any atom is 0.275 e. The first-order valence-electron chi connectivity index (χ1n) is 10.8. The molecule has 29 heavy (non-hydrogen) atoms. The second-order valence-corrected chi connectivity index (χ2v) is 8.08. The van der Waals surface area contributed by atoms with E-state index in [1.807, 2.05) is 12.1 Å². The zero-order valence-electron chi connectivity index (χ0n) is 16.9. The third-order valence-electron chi connectivity index (χ3n) is 6.16. The van der Waals surface area contributed by atoms with Gasteiger partial charge in [0.2, 0.25) is 0 Å². The van der Waals surface area contributed by atoms with Crippen LogP contribution in [0.5, 0.6) is 0 Å². The van der Waals surface area contributed by atoms with Crippen LogP contribution < -0.4 is 5.32 Å². The lowest BCUT2D eigenvalue weighted by Crippen LogP contribution is -2.44. The van der Waals surface area contributed by atoms with Crippen LogP contribution in [0.15, 0.2) is 42.7 Å². The molecule has 2 aromatic rings. The molecular weight excluding hydrogens is 364 g/mol. The smallest absolute Gasteiger partial charge is 0.275 e. The number of nitrogens with one attached hydrogen (secondary N) is 1. The van der Waals surface area contributed by atoms with Crippen molar-refractivity contribution in [3.8, 4) is 0 Å². The predicted molar refractivity (Wildman–Crippen MR) is 113 cm³/mol. The van der Waals surface area contributed by atoms with E-state index in [-0.39, 0.29) is 5.91 Å². The van der Waals surface area contributed by atoms with Crippen LogP contribution in [0.25, 0.3) is 0 Å². The number of hydrogen-bond acceptors (Lipinski definition) is 5. The molecule has 0 radical (unpaired) electrons. The van der Waals surface area contributed by atoms with E-state index in [9.17, 15) is 4.79 Å². The molecule has 2 aliphatic heterocycles. The third-order valence-corrected chi connectivity index (χ3v) is 6.16. The van der Waals surface area contributed by atoms with Gasteiger partial charge in [-0.2, -0.15) is 0 Å². The summed E-state index contributed by atoms with van der Waals surface area (Å²) in [4.78, 5) is 23.3. The SMILES string of the molecule is O=C(Nc1cc(CCC2CCN(C3CCOCC3)CC2)ccn1)c1ccccn1. The van der Waals surface area contributed by atoms with Gasteiger partial charge in [0.1, 0.15) is 11.5 Å². The highest BCUT2D eigenvalue weighted by atomic mass is 16.5. The van der Waals surface area contributed by atoms with Crippen LogP contribution in [-0.4, -0.2) is 53.1 Å². The van der Waals surface area contributed by atoms with Crippen molar-refractivity contribution in [3.63, 3.8) is 0 Å². The highest BCUT2D eigenvalue weighted by Crippen LogP contribution is 2.26. The molecule has 0 saturated carbocycles. The summed E-state index contributed by atoms with van der Waals surface area (Å²) in [5.41, 5.74) is 1.62. The second-order valence-electron chi connectivity index (χ2n) is 8.08. The van der Waals surface area contributed by atoms with E-state index in [0.29, 0.717) is 11.5 Å². The summed E-state index contributed by atoms with van der Waals surface area (Å²) in [6.45, 7) is 4.28. The number of pyridine rings is 2. The Hall–Kier alpha value is -2.31. The van der Waals surface area contributed by atoms with Crippen molar-refractivity contribution in [2.24, 2.45) is 5.92 Å². The quantitative estimate of drug-likeness (QED) is 0.812. The first-order chi connectivity index (χ1) is 14.3. The molecule has 6 heteroatoms. The van der Waals surface area contributed by atoms with Crippen LogP contribution in [0, 0.1) is 5.92 Å².